The van der Waals surface area contributed by atoms with Crippen LogP contribution in [-0.2, 0) is 4.79 Å². The fraction of sp³-hybridized carbons (Fsp3) is 0.545. The summed E-state index contributed by atoms with van der Waals surface area (Å²) in [4.78, 5) is 22.0. The lowest BCUT2D eigenvalue weighted by atomic mass is 10.1. The van der Waals surface area contributed by atoms with Crippen LogP contribution in [0.25, 0.3) is 0 Å². The number of nitrogen functional groups attached to an aromatic ring is 1. The molecule has 1 fully saturated rings. The van der Waals surface area contributed by atoms with Crippen molar-refractivity contribution in [1.82, 2.24) is 15.3 Å². The minimum Gasteiger partial charge on any atom is -0.368 e. The van der Waals surface area contributed by atoms with Gasteiger partial charge in [0.2, 0.25) is 11.9 Å². The first-order valence-electron chi connectivity index (χ1n) is 5.77. The first kappa shape index (κ1) is 11.6. The highest BCUT2D eigenvalue weighted by Crippen LogP contribution is 2.19. The fourth-order valence-electron chi connectivity index (χ4n) is 2.12. The van der Waals surface area contributed by atoms with Crippen LogP contribution in [0.5, 0.6) is 0 Å². The van der Waals surface area contributed by atoms with Gasteiger partial charge in [0.1, 0.15) is 11.9 Å². The Morgan fingerprint density at radius 1 is 1.59 bits per heavy atom. The molecule has 17 heavy (non-hydrogen) atoms. The summed E-state index contributed by atoms with van der Waals surface area (Å²) >= 11 is 0. The number of rotatable bonds is 2. The Morgan fingerprint density at radius 2 is 2.35 bits per heavy atom. The van der Waals surface area contributed by atoms with Gasteiger partial charge in [-0.05, 0) is 13.3 Å². The van der Waals surface area contributed by atoms with Crippen LogP contribution in [0.2, 0.25) is 0 Å². The molecule has 0 spiro atoms. The van der Waals surface area contributed by atoms with Gasteiger partial charge in [-0.25, -0.2) is 4.98 Å². The average molecular weight is 235 g/mol. The molecule has 3 N–H and O–H groups in total. The van der Waals surface area contributed by atoms with Crippen LogP contribution in [-0.4, -0.2) is 35.0 Å². The number of anilines is 2. The lowest BCUT2D eigenvalue weighted by Gasteiger charge is -2.35. The molecule has 1 aliphatic rings. The van der Waals surface area contributed by atoms with Crippen molar-refractivity contribution in [3.05, 3.63) is 11.8 Å². The largest absolute Gasteiger partial charge is 0.368 e. The van der Waals surface area contributed by atoms with Crippen molar-refractivity contribution in [1.29, 1.82) is 0 Å². The molecule has 0 saturated carbocycles. The quantitative estimate of drug-likeness (QED) is 0.758. The lowest BCUT2D eigenvalue weighted by molar-refractivity contribution is -0.123. The Hall–Kier alpha value is -1.85. The third-order valence-corrected chi connectivity index (χ3v) is 2.87. The molecule has 6 nitrogen and oxygen atoms in total. The summed E-state index contributed by atoms with van der Waals surface area (Å²) < 4.78 is 0. The van der Waals surface area contributed by atoms with Crippen molar-refractivity contribution in [2.45, 2.75) is 26.3 Å². The molecular formula is C11H17N5O. The van der Waals surface area contributed by atoms with Gasteiger partial charge < -0.3 is 16.0 Å². The lowest BCUT2D eigenvalue weighted by Crippen LogP contribution is -2.55. The average Bonchev–Trinajstić information content (AvgIpc) is 2.27. The predicted octanol–water partition coefficient (Wildman–Crippen LogP) is 0.0820. The molecular weight excluding hydrogens is 218 g/mol. The van der Waals surface area contributed by atoms with Crippen LogP contribution in [0, 0.1) is 6.92 Å². The van der Waals surface area contributed by atoms with Gasteiger partial charge in [-0.1, -0.05) is 6.92 Å². The van der Waals surface area contributed by atoms with E-state index >= 15 is 0 Å². The van der Waals surface area contributed by atoms with E-state index in [1.807, 2.05) is 24.8 Å². The number of nitrogens with zero attached hydrogens (tertiary/aromatic N) is 3. The number of amides is 1. The molecule has 0 aromatic carbocycles. The number of nitrogens with two attached hydrogens (primary N) is 1. The Kier molecular flexibility index (Phi) is 3.12. The first-order chi connectivity index (χ1) is 8.11. The van der Waals surface area contributed by atoms with Crippen LogP contribution in [0.1, 0.15) is 19.0 Å². The van der Waals surface area contributed by atoms with Gasteiger partial charge in [-0.2, -0.15) is 4.98 Å². The van der Waals surface area contributed by atoms with E-state index in [0.717, 1.165) is 24.5 Å². The fourth-order valence-corrected chi connectivity index (χ4v) is 2.12. The number of carbonyl (C=O) groups excluding carboxylic acids is 1. The molecule has 6 heteroatoms. The van der Waals surface area contributed by atoms with E-state index in [4.69, 9.17) is 5.73 Å². The zero-order valence-electron chi connectivity index (χ0n) is 10.1. The summed E-state index contributed by atoms with van der Waals surface area (Å²) in [7, 11) is 0. The van der Waals surface area contributed by atoms with Crippen molar-refractivity contribution < 1.29 is 4.79 Å². The second-order valence-corrected chi connectivity index (χ2v) is 4.13. The number of hydrogen-bond acceptors (Lipinski definition) is 5. The van der Waals surface area contributed by atoms with Gasteiger partial charge in [0, 0.05) is 24.8 Å². The second kappa shape index (κ2) is 4.57. The molecule has 1 aromatic heterocycles. The first-order valence-corrected chi connectivity index (χ1v) is 5.77. The van der Waals surface area contributed by atoms with Crippen LogP contribution < -0.4 is 16.0 Å². The highest BCUT2D eigenvalue weighted by molar-refractivity contribution is 5.86. The highest BCUT2D eigenvalue weighted by Gasteiger charge is 2.29. The van der Waals surface area contributed by atoms with Crippen molar-refractivity contribution in [3.8, 4) is 0 Å². The van der Waals surface area contributed by atoms with Crippen molar-refractivity contribution in [2.24, 2.45) is 0 Å². The Morgan fingerprint density at radius 3 is 3.00 bits per heavy atom. The predicted molar refractivity (Wildman–Crippen MR) is 65.6 cm³/mol. The van der Waals surface area contributed by atoms with Gasteiger partial charge in [-0.3, -0.25) is 4.79 Å². The molecule has 1 aliphatic heterocycles. The van der Waals surface area contributed by atoms with Crippen LogP contribution in [0.15, 0.2) is 6.07 Å². The maximum atomic E-state index is 11.8. The van der Waals surface area contributed by atoms with Crippen LogP contribution in [0.3, 0.4) is 0 Å². The smallest absolute Gasteiger partial charge is 0.242 e. The number of nitrogens with one attached hydrogen (secondary N) is 1. The van der Waals surface area contributed by atoms with E-state index in [1.165, 1.54) is 0 Å². The third-order valence-electron chi connectivity index (χ3n) is 2.87. The van der Waals surface area contributed by atoms with E-state index in [0.29, 0.717) is 6.54 Å². The Labute approximate surface area is 100 Å². The van der Waals surface area contributed by atoms with E-state index < -0.39 is 0 Å². The van der Waals surface area contributed by atoms with Gasteiger partial charge in [0.15, 0.2) is 0 Å². The van der Waals surface area contributed by atoms with Crippen molar-refractivity contribution in [2.75, 3.05) is 23.7 Å². The second-order valence-electron chi connectivity index (χ2n) is 4.13. The molecule has 1 aromatic rings. The minimum atomic E-state index is -0.169. The molecule has 1 amide bonds. The SMILES string of the molecule is CCC1C(=O)NCCN1c1cc(C)nc(N)n1. The Balaban J connectivity index is 2.33. The summed E-state index contributed by atoms with van der Waals surface area (Å²) in [5.74, 6) is 1.03. The van der Waals surface area contributed by atoms with Gasteiger partial charge in [0.05, 0.1) is 0 Å². The Bertz CT molecular complexity index is 414. The number of carbonyl (C=O) groups is 1. The van der Waals surface area contributed by atoms with Crippen LogP contribution >= 0.6 is 0 Å². The van der Waals surface area contributed by atoms with Gasteiger partial charge >= 0.3 is 0 Å². The highest BCUT2D eigenvalue weighted by atomic mass is 16.2. The van der Waals surface area contributed by atoms with Crippen molar-refractivity contribution >= 4 is 17.7 Å². The summed E-state index contributed by atoms with van der Waals surface area (Å²) in [6.07, 6.45) is 0.745. The van der Waals surface area contributed by atoms with E-state index in [-0.39, 0.29) is 17.9 Å². The molecule has 1 unspecified atom stereocenters. The summed E-state index contributed by atoms with van der Waals surface area (Å²) in [5, 5.41) is 2.86. The molecule has 0 bridgehead atoms. The van der Waals surface area contributed by atoms with E-state index in [2.05, 4.69) is 15.3 Å². The standard InChI is InChI=1S/C11H17N5O/c1-3-8-10(17)13-4-5-16(8)9-6-7(2)14-11(12)15-9/h6,8H,3-5H2,1-2H3,(H,13,17)(H2,12,14,15). The summed E-state index contributed by atoms with van der Waals surface area (Å²) in [6.45, 7) is 5.24. The zero-order chi connectivity index (χ0) is 12.4. The number of hydrogen-bond donors (Lipinski definition) is 2. The normalized spacial score (nSPS) is 20.2. The van der Waals surface area contributed by atoms with Crippen molar-refractivity contribution in [3.63, 3.8) is 0 Å². The third kappa shape index (κ3) is 2.30. The van der Waals surface area contributed by atoms with Gasteiger partial charge in [-0.15, -0.1) is 0 Å². The topological polar surface area (TPSA) is 84.1 Å². The van der Waals surface area contributed by atoms with E-state index in [9.17, 15) is 4.79 Å². The molecule has 0 aliphatic carbocycles. The van der Waals surface area contributed by atoms with Crippen LogP contribution in [0.4, 0.5) is 11.8 Å². The van der Waals surface area contributed by atoms with Gasteiger partial charge in [0.25, 0.3) is 0 Å². The molecule has 2 heterocycles. The zero-order valence-corrected chi connectivity index (χ0v) is 10.1. The molecule has 1 atom stereocenters. The van der Waals surface area contributed by atoms with E-state index in [1.54, 1.807) is 0 Å². The maximum absolute atomic E-state index is 11.8. The summed E-state index contributed by atoms with van der Waals surface area (Å²) in [5.41, 5.74) is 6.45. The maximum Gasteiger partial charge on any atom is 0.242 e. The molecule has 0 radical (unpaired) electrons. The number of piperazine rings is 1. The molecule has 2 rings (SSSR count). The molecule has 1 saturated heterocycles. The summed E-state index contributed by atoms with van der Waals surface area (Å²) in [6, 6.07) is 1.69. The minimum absolute atomic E-state index is 0.0496. The molecule has 92 valence electrons. The monoisotopic (exact) mass is 235 g/mol. The number of aromatic nitrogens is 2. The number of aryl methyl sites for hydroxylation is 1.